The molecule has 0 radical (unpaired) electrons. The molecule has 0 aliphatic rings. The van der Waals surface area contributed by atoms with Gasteiger partial charge in [-0.1, -0.05) is 54.6 Å². The van der Waals surface area contributed by atoms with Gasteiger partial charge in [-0.25, -0.2) is 8.42 Å². The summed E-state index contributed by atoms with van der Waals surface area (Å²) in [6.45, 7) is 0. The molecular weight excluding hydrogens is 663 g/mol. The summed E-state index contributed by atoms with van der Waals surface area (Å²) in [5.41, 5.74) is 1.31. The standard InChI is InChI=1S/C25H17O2S.C4HF9O3S/c26-24-20-14-7-8-16-22(20)27-25-21(24)15-9-17-23(25)28(18-10-3-1-4-11-18)19-12-5-2-6-13-19;5-1(6,3(9,10)11)2(7,8)4(12,13)17(14,15)16/h1-17H;(H,14,15,16)/q+1;/p-1. The van der Waals surface area contributed by atoms with E-state index in [0.717, 1.165) is 4.90 Å². The van der Waals surface area contributed by atoms with Crippen LogP contribution in [-0.2, 0) is 21.0 Å². The molecule has 5 aromatic rings. The predicted octanol–water partition coefficient (Wildman–Crippen LogP) is 8.00. The van der Waals surface area contributed by atoms with Crippen molar-refractivity contribution in [2.75, 3.05) is 0 Å². The van der Waals surface area contributed by atoms with Crippen molar-refractivity contribution in [1.29, 1.82) is 0 Å². The third-order valence-electron chi connectivity index (χ3n) is 6.17. The van der Waals surface area contributed by atoms with Crippen molar-refractivity contribution >= 4 is 43.0 Å². The molecule has 0 saturated heterocycles. The summed E-state index contributed by atoms with van der Waals surface area (Å²) in [6, 6.07) is 34.1. The lowest BCUT2D eigenvalue weighted by atomic mass is 10.1. The third-order valence-corrected chi connectivity index (χ3v) is 9.31. The van der Waals surface area contributed by atoms with Gasteiger partial charge in [-0.3, -0.25) is 4.79 Å². The largest absolute Gasteiger partial charge is 0.743 e. The van der Waals surface area contributed by atoms with Crippen LogP contribution in [0, 0.1) is 0 Å². The monoisotopic (exact) mass is 680 g/mol. The molecule has 0 aliphatic heterocycles. The number of benzene rings is 4. The zero-order chi connectivity index (χ0) is 33.4. The Morgan fingerprint density at radius 3 is 1.56 bits per heavy atom. The fourth-order valence-electron chi connectivity index (χ4n) is 3.98. The molecule has 0 aliphatic carbocycles. The van der Waals surface area contributed by atoms with Crippen molar-refractivity contribution in [3.63, 3.8) is 0 Å². The van der Waals surface area contributed by atoms with Crippen LogP contribution in [0.1, 0.15) is 0 Å². The number of fused-ring (bicyclic) bond motifs is 2. The zero-order valence-electron chi connectivity index (χ0n) is 22.1. The van der Waals surface area contributed by atoms with Crippen LogP contribution in [0.25, 0.3) is 21.9 Å². The Morgan fingerprint density at radius 1 is 0.600 bits per heavy atom. The Morgan fingerprint density at radius 2 is 1.07 bits per heavy atom. The van der Waals surface area contributed by atoms with Gasteiger partial charge in [0.05, 0.1) is 10.8 Å². The highest BCUT2D eigenvalue weighted by Crippen LogP contribution is 2.54. The number of rotatable bonds is 6. The van der Waals surface area contributed by atoms with Gasteiger partial charge in [-0.05, 0) is 48.5 Å². The van der Waals surface area contributed by atoms with E-state index in [4.69, 9.17) is 4.42 Å². The van der Waals surface area contributed by atoms with E-state index in [1.165, 1.54) is 9.79 Å². The number of hydrogen-bond donors (Lipinski definition) is 0. The minimum absolute atomic E-state index is 0.0170. The van der Waals surface area contributed by atoms with Gasteiger partial charge in [0.1, 0.15) is 16.5 Å². The van der Waals surface area contributed by atoms with Gasteiger partial charge in [0.25, 0.3) is 0 Å². The van der Waals surface area contributed by atoms with E-state index in [9.17, 15) is 57.3 Å². The Bertz CT molecular complexity index is 1940. The highest BCUT2D eigenvalue weighted by molar-refractivity contribution is 7.97. The highest BCUT2D eigenvalue weighted by atomic mass is 32.2. The van der Waals surface area contributed by atoms with Crippen LogP contribution in [0.15, 0.2) is 127 Å². The molecule has 0 bridgehead atoms. The molecule has 0 atom stereocenters. The average Bonchev–Trinajstić information content (AvgIpc) is 2.98. The molecule has 5 nitrogen and oxygen atoms in total. The second-order valence-corrected chi connectivity index (χ2v) is 12.5. The first-order valence-corrected chi connectivity index (χ1v) is 14.9. The van der Waals surface area contributed by atoms with Gasteiger partial charge < -0.3 is 8.97 Å². The molecule has 1 heterocycles. The number of alkyl halides is 9. The summed E-state index contributed by atoms with van der Waals surface area (Å²) < 4.78 is 142. The summed E-state index contributed by atoms with van der Waals surface area (Å²) in [4.78, 5) is 16.5. The topological polar surface area (TPSA) is 87.4 Å². The first-order chi connectivity index (χ1) is 20.8. The summed E-state index contributed by atoms with van der Waals surface area (Å²) in [6.07, 6.45) is -7.16. The molecule has 0 unspecified atom stereocenters. The van der Waals surface area contributed by atoms with Crippen molar-refractivity contribution in [1.82, 2.24) is 0 Å². The molecule has 4 aromatic carbocycles. The zero-order valence-corrected chi connectivity index (χ0v) is 23.7. The van der Waals surface area contributed by atoms with Crippen LogP contribution in [-0.4, -0.2) is 36.2 Å². The summed E-state index contributed by atoms with van der Waals surface area (Å²) >= 11 is 0. The minimum Gasteiger partial charge on any atom is -0.743 e. The van der Waals surface area contributed by atoms with Crippen LogP contribution in [0.2, 0.25) is 0 Å². The number of hydrogen-bond acceptors (Lipinski definition) is 5. The van der Waals surface area contributed by atoms with E-state index < -0.39 is 33.4 Å². The van der Waals surface area contributed by atoms with Crippen LogP contribution in [0.5, 0.6) is 0 Å². The summed E-state index contributed by atoms with van der Waals surface area (Å²) in [5.74, 6) is -14.8. The van der Waals surface area contributed by atoms with E-state index in [1.54, 1.807) is 0 Å². The average molecular weight is 681 g/mol. The number of halogens is 9. The molecular formula is C29H17F9O5S2. The molecule has 0 fully saturated rings. The quantitative estimate of drug-likeness (QED) is 0.0786. The maximum Gasteiger partial charge on any atom is 0.460 e. The van der Waals surface area contributed by atoms with E-state index >= 15 is 0 Å². The van der Waals surface area contributed by atoms with Gasteiger partial charge in [0.15, 0.2) is 25.5 Å². The van der Waals surface area contributed by atoms with Crippen LogP contribution >= 0.6 is 0 Å². The highest BCUT2D eigenvalue weighted by Gasteiger charge is 2.83. The SMILES string of the molecule is O=S(=O)([O-])C(F)(F)C(F)(F)C(F)(F)C(F)(F)F.O=c1c2ccccc2oc2c([S+](c3ccccc3)c3ccccc3)cccc12. The van der Waals surface area contributed by atoms with Gasteiger partial charge in [-0.2, -0.15) is 39.5 Å². The Kier molecular flexibility index (Phi) is 9.07. The van der Waals surface area contributed by atoms with E-state index in [-0.39, 0.29) is 16.3 Å². The lowest BCUT2D eigenvalue weighted by molar-refractivity contribution is -0.382. The fraction of sp³-hybridized carbons (Fsp3) is 0.138. The molecule has 1 aromatic heterocycles. The van der Waals surface area contributed by atoms with Crippen LogP contribution < -0.4 is 5.43 Å². The second kappa shape index (κ2) is 12.1. The van der Waals surface area contributed by atoms with E-state index in [1.807, 2.05) is 48.5 Å². The maximum absolute atomic E-state index is 13.1. The first-order valence-electron chi connectivity index (χ1n) is 12.3. The smallest absolute Gasteiger partial charge is 0.460 e. The summed E-state index contributed by atoms with van der Waals surface area (Å²) in [7, 11) is -7.79. The minimum atomic E-state index is -7.43. The normalized spacial score (nSPS) is 13.1. The van der Waals surface area contributed by atoms with Gasteiger partial charge in [-0.15, -0.1) is 0 Å². The van der Waals surface area contributed by atoms with Crippen molar-refractivity contribution in [2.45, 2.75) is 38.0 Å². The molecule has 0 spiro atoms. The third kappa shape index (κ3) is 6.13. The van der Waals surface area contributed by atoms with Crippen molar-refractivity contribution < 1.29 is 56.9 Å². The maximum atomic E-state index is 13.1. The van der Waals surface area contributed by atoms with Crippen LogP contribution in [0.3, 0.4) is 0 Å². The fourth-order valence-corrected chi connectivity index (χ4v) is 6.61. The van der Waals surface area contributed by atoms with Crippen LogP contribution in [0.4, 0.5) is 39.5 Å². The van der Waals surface area contributed by atoms with E-state index in [0.29, 0.717) is 21.9 Å². The molecule has 0 amide bonds. The molecule has 16 heteroatoms. The Hall–Kier alpha value is -4.02. The molecule has 0 saturated carbocycles. The molecule has 0 N–H and O–H groups in total. The lowest BCUT2D eigenvalue weighted by Crippen LogP contribution is -2.63. The molecule has 5 rings (SSSR count). The van der Waals surface area contributed by atoms with Gasteiger partial charge in [0.2, 0.25) is 10.3 Å². The van der Waals surface area contributed by atoms with Crippen molar-refractivity contribution in [3.8, 4) is 0 Å². The Labute approximate surface area is 251 Å². The second-order valence-electron chi connectivity index (χ2n) is 9.11. The van der Waals surface area contributed by atoms with Gasteiger partial charge in [0, 0.05) is 0 Å². The molecule has 238 valence electrons. The molecule has 45 heavy (non-hydrogen) atoms. The van der Waals surface area contributed by atoms with E-state index in [2.05, 4.69) is 54.6 Å². The van der Waals surface area contributed by atoms with Crippen molar-refractivity contribution in [3.05, 3.63) is 113 Å². The predicted molar refractivity (Wildman–Crippen MR) is 146 cm³/mol. The first kappa shape index (κ1) is 33.9. The Balaban J connectivity index is 0.000000236. The summed E-state index contributed by atoms with van der Waals surface area (Å²) in [5, 5.41) is -5.87. The lowest BCUT2D eigenvalue weighted by Gasteiger charge is -2.34. The van der Waals surface area contributed by atoms with Gasteiger partial charge >= 0.3 is 23.3 Å². The van der Waals surface area contributed by atoms with Crippen molar-refractivity contribution in [2.24, 2.45) is 0 Å². The number of para-hydroxylation sites is 2.